The average molecular weight is 283 g/mol. The monoisotopic (exact) mass is 282 g/mol. The molecule has 1 saturated heterocycles. The third kappa shape index (κ3) is 3.39. The third-order valence-electron chi connectivity index (χ3n) is 3.35. The zero-order valence-corrected chi connectivity index (χ0v) is 12.0. The Bertz CT molecular complexity index is 471. The smallest absolute Gasteiger partial charge is 0.253 e. The molecule has 1 atom stereocenters. The molecule has 0 saturated carbocycles. The number of ether oxygens (including phenoxy) is 1. The molecule has 2 rings (SSSR count). The predicted octanol–water partition coefficient (Wildman–Crippen LogP) is 2.68. The van der Waals surface area contributed by atoms with Crippen molar-refractivity contribution in [3.8, 4) is 0 Å². The molecule has 1 unspecified atom stereocenters. The summed E-state index contributed by atoms with van der Waals surface area (Å²) >= 11 is 5.96. The lowest BCUT2D eigenvalue weighted by molar-refractivity contribution is 0.0273. The maximum absolute atomic E-state index is 12.4. The molecule has 1 amide bonds. The average Bonchev–Trinajstić information content (AvgIpc) is 2.39. The second-order valence-electron chi connectivity index (χ2n) is 5.11. The van der Waals surface area contributed by atoms with E-state index in [1.165, 1.54) is 0 Å². The van der Waals surface area contributed by atoms with Gasteiger partial charge in [-0.3, -0.25) is 4.79 Å². The molecule has 19 heavy (non-hydrogen) atoms. The number of carbonyl (C=O) groups excluding carboxylic acids is 1. The summed E-state index contributed by atoms with van der Waals surface area (Å²) in [5.74, 6) is -0.125. The van der Waals surface area contributed by atoms with Crippen LogP contribution >= 0.6 is 11.6 Å². The van der Waals surface area contributed by atoms with Crippen molar-refractivity contribution >= 4 is 23.2 Å². The Morgan fingerprint density at radius 1 is 1.47 bits per heavy atom. The van der Waals surface area contributed by atoms with Crippen molar-refractivity contribution < 1.29 is 9.53 Å². The van der Waals surface area contributed by atoms with E-state index in [2.05, 4.69) is 10.6 Å². The lowest BCUT2D eigenvalue weighted by atomic mass is 9.94. The van der Waals surface area contributed by atoms with Gasteiger partial charge in [-0.05, 0) is 38.0 Å². The first-order valence-corrected chi connectivity index (χ1v) is 6.79. The number of halogens is 1. The summed E-state index contributed by atoms with van der Waals surface area (Å²) in [6.07, 6.45) is 1.89. The largest absolute Gasteiger partial charge is 0.387 e. The van der Waals surface area contributed by atoms with Crippen LogP contribution in [0.3, 0.4) is 0 Å². The van der Waals surface area contributed by atoms with Crippen molar-refractivity contribution in [1.29, 1.82) is 0 Å². The van der Waals surface area contributed by atoms with E-state index < -0.39 is 0 Å². The minimum atomic E-state index is -0.303. The van der Waals surface area contributed by atoms with Crippen molar-refractivity contribution in [2.45, 2.75) is 25.3 Å². The van der Waals surface area contributed by atoms with Crippen LogP contribution in [0.1, 0.15) is 30.1 Å². The minimum Gasteiger partial charge on any atom is -0.387 e. The molecule has 1 aromatic carbocycles. The minimum absolute atomic E-state index is 0.125. The van der Waals surface area contributed by atoms with E-state index in [0.717, 1.165) is 25.1 Å². The summed E-state index contributed by atoms with van der Waals surface area (Å²) in [5.41, 5.74) is 1.02. The number of rotatable bonds is 3. The Labute approximate surface area is 118 Å². The fourth-order valence-corrected chi connectivity index (χ4v) is 2.47. The van der Waals surface area contributed by atoms with Gasteiger partial charge in [-0.1, -0.05) is 11.6 Å². The van der Waals surface area contributed by atoms with Gasteiger partial charge in [0, 0.05) is 24.4 Å². The molecule has 5 heteroatoms. The maximum atomic E-state index is 12.4. The Hall–Kier alpha value is -1.26. The number of hydrogen-bond donors (Lipinski definition) is 2. The first-order valence-electron chi connectivity index (χ1n) is 6.42. The summed E-state index contributed by atoms with van der Waals surface area (Å²) in [6, 6.07) is 5.24. The number of anilines is 1. The van der Waals surface area contributed by atoms with Crippen LogP contribution < -0.4 is 10.6 Å². The molecule has 1 fully saturated rings. The normalized spacial score (nSPS) is 22.9. The van der Waals surface area contributed by atoms with E-state index in [1.54, 1.807) is 25.2 Å². The van der Waals surface area contributed by atoms with Gasteiger partial charge in [-0.2, -0.15) is 0 Å². The topological polar surface area (TPSA) is 50.4 Å². The number of amides is 1. The van der Waals surface area contributed by atoms with Crippen molar-refractivity contribution in [2.24, 2.45) is 0 Å². The number of carbonyl (C=O) groups is 1. The molecule has 1 aromatic rings. The van der Waals surface area contributed by atoms with Crippen LogP contribution in [-0.2, 0) is 4.74 Å². The van der Waals surface area contributed by atoms with E-state index in [1.807, 2.05) is 6.92 Å². The molecule has 0 bridgehead atoms. The number of benzene rings is 1. The predicted molar refractivity (Wildman–Crippen MR) is 76.9 cm³/mol. The molecular formula is C14H19ClN2O2. The lowest BCUT2D eigenvalue weighted by Gasteiger charge is -2.34. The Morgan fingerprint density at radius 3 is 2.89 bits per heavy atom. The standard InChI is InChI=1S/C14H19ClN2O2/c1-14(6-3-7-19-9-14)17-13(18)11-8-10(15)4-5-12(11)16-2/h4-5,8,16H,3,6-7,9H2,1-2H3,(H,17,18). The molecule has 104 valence electrons. The van der Waals surface area contributed by atoms with Crippen LogP contribution in [0.4, 0.5) is 5.69 Å². The Morgan fingerprint density at radius 2 is 2.26 bits per heavy atom. The lowest BCUT2D eigenvalue weighted by Crippen LogP contribution is -2.51. The molecule has 0 aliphatic carbocycles. The fourth-order valence-electron chi connectivity index (χ4n) is 2.30. The first kappa shape index (κ1) is 14.2. The molecule has 1 aliphatic heterocycles. The second kappa shape index (κ2) is 5.80. The fraction of sp³-hybridized carbons (Fsp3) is 0.500. The highest BCUT2D eigenvalue weighted by Gasteiger charge is 2.30. The van der Waals surface area contributed by atoms with Crippen LogP contribution in [0.25, 0.3) is 0 Å². The first-order chi connectivity index (χ1) is 9.04. The summed E-state index contributed by atoms with van der Waals surface area (Å²) in [4.78, 5) is 12.4. The van der Waals surface area contributed by atoms with Gasteiger partial charge in [0.1, 0.15) is 0 Å². The van der Waals surface area contributed by atoms with Gasteiger partial charge >= 0.3 is 0 Å². The van der Waals surface area contributed by atoms with Gasteiger partial charge < -0.3 is 15.4 Å². The maximum Gasteiger partial charge on any atom is 0.253 e. The van der Waals surface area contributed by atoms with E-state index in [4.69, 9.17) is 16.3 Å². The van der Waals surface area contributed by atoms with Crippen LogP contribution in [0.15, 0.2) is 18.2 Å². The van der Waals surface area contributed by atoms with E-state index >= 15 is 0 Å². The Balaban J connectivity index is 2.17. The number of nitrogens with one attached hydrogen (secondary N) is 2. The quantitative estimate of drug-likeness (QED) is 0.896. The molecule has 2 N–H and O–H groups in total. The molecule has 4 nitrogen and oxygen atoms in total. The van der Waals surface area contributed by atoms with Crippen molar-refractivity contribution in [3.63, 3.8) is 0 Å². The van der Waals surface area contributed by atoms with E-state index in [9.17, 15) is 4.79 Å². The molecule has 0 aromatic heterocycles. The summed E-state index contributed by atoms with van der Waals surface area (Å²) in [6.45, 7) is 3.33. The molecule has 1 aliphatic rings. The zero-order chi connectivity index (χ0) is 13.9. The number of hydrogen-bond acceptors (Lipinski definition) is 3. The van der Waals surface area contributed by atoms with Crippen LogP contribution in [0, 0.1) is 0 Å². The molecular weight excluding hydrogens is 264 g/mol. The highest BCUT2D eigenvalue weighted by atomic mass is 35.5. The zero-order valence-electron chi connectivity index (χ0n) is 11.3. The van der Waals surface area contributed by atoms with Gasteiger partial charge in [0.2, 0.25) is 0 Å². The van der Waals surface area contributed by atoms with Crippen LogP contribution in [-0.4, -0.2) is 31.7 Å². The van der Waals surface area contributed by atoms with Crippen molar-refractivity contribution in [1.82, 2.24) is 5.32 Å². The van der Waals surface area contributed by atoms with Crippen LogP contribution in [0.2, 0.25) is 5.02 Å². The van der Waals surface area contributed by atoms with Gasteiger partial charge in [-0.25, -0.2) is 0 Å². The van der Waals surface area contributed by atoms with Crippen LogP contribution in [0.5, 0.6) is 0 Å². The molecule has 0 spiro atoms. The summed E-state index contributed by atoms with van der Waals surface area (Å²) < 4.78 is 5.45. The van der Waals surface area contributed by atoms with Gasteiger partial charge in [0.25, 0.3) is 5.91 Å². The highest BCUT2D eigenvalue weighted by molar-refractivity contribution is 6.31. The highest BCUT2D eigenvalue weighted by Crippen LogP contribution is 2.23. The van der Waals surface area contributed by atoms with Crippen molar-refractivity contribution in [3.05, 3.63) is 28.8 Å². The van der Waals surface area contributed by atoms with Gasteiger partial charge in [0.05, 0.1) is 17.7 Å². The van der Waals surface area contributed by atoms with Gasteiger partial charge in [0.15, 0.2) is 0 Å². The van der Waals surface area contributed by atoms with Crippen molar-refractivity contribution in [2.75, 3.05) is 25.6 Å². The third-order valence-corrected chi connectivity index (χ3v) is 3.58. The summed E-state index contributed by atoms with van der Waals surface area (Å²) in [5, 5.41) is 6.60. The van der Waals surface area contributed by atoms with E-state index in [0.29, 0.717) is 17.2 Å². The second-order valence-corrected chi connectivity index (χ2v) is 5.55. The SMILES string of the molecule is CNc1ccc(Cl)cc1C(=O)NC1(C)CCCOC1. The van der Waals surface area contributed by atoms with E-state index in [-0.39, 0.29) is 11.4 Å². The van der Waals surface area contributed by atoms with Gasteiger partial charge in [-0.15, -0.1) is 0 Å². The summed E-state index contributed by atoms with van der Waals surface area (Å²) in [7, 11) is 1.78. The molecule has 0 radical (unpaired) electrons. The Kier molecular flexibility index (Phi) is 4.32. The molecule has 1 heterocycles.